The summed E-state index contributed by atoms with van der Waals surface area (Å²) in [4.78, 5) is 14.2. The number of hydrogen-bond donors (Lipinski definition) is 5. The summed E-state index contributed by atoms with van der Waals surface area (Å²) in [6.45, 7) is 1.06. The second-order valence-electron chi connectivity index (χ2n) is 9.02. The molecule has 0 fully saturated rings. The van der Waals surface area contributed by atoms with Gasteiger partial charge in [0.2, 0.25) is 5.56 Å². The van der Waals surface area contributed by atoms with Crippen LogP contribution in [0, 0.1) is 0 Å². The largest absolute Gasteiger partial charge is 0.506 e. The Morgan fingerprint density at radius 2 is 1.57 bits per heavy atom. The van der Waals surface area contributed by atoms with Gasteiger partial charge in [-0.2, -0.15) is 0 Å². The van der Waals surface area contributed by atoms with Crippen LogP contribution >= 0.6 is 0 Å². The Labute approximate surface area is 215 Å². The molecule has 0 aliphatic rings. The van der Waals surface area contributed by atoms with Crippen molar-refractivity contribution in [1.29, 1.82) is 0 Å². The third-order valence-corrected chi connectivity index (χ3v) is 6.41. The molecule has 6 heteroatoms. The molecule has 0 saturated carbocycles. The van der Waals surface area contributed by atoms with Crippen molar-refractivity contribution in [3.63, 3.8) is 0 Å². The molecule has 0 amide bonds. The first-order chi connectivity index (χ1) is 18.1. The van der Waals surface area contributed by atoms with Crippen molar-refractivity contribution in [2.24, 2.45) is 0 Å². The van der Waals surface area contributed by atoms with E-state index < -0.39 is 6.10 Å². The van der Waals surface area contributed by atoms with Gasteiger partial charge in [0.1, 0.15) is 5.75 Å². The first-order valence-electron chi connectivity index (χ1n) is 12.3. The topological polar surface area (TPSA) is 97.4 Å². The van der Waals surface area contributed by atoms with Gasteiger partial charge in [-0.25, -0.2) is 0 Å². The number of aliphatic hydroxyl groups is 1. The van der Waals surface area contributed by atoms with Crippen LogP contribution in [-0.2, 0) is 6.42 Å². The highest BCUT2D eigenvalue weighted by Crippen LogP contribution is 2.28. The van der Waals surface area contributed by atoms with Crippen molar-refractivity contribution >= 4 is 22.3 Å². The summed E-state index contributed by atoms with van der Waals surface area (Å²) >= 11 is 0. The monoisotopic (exact) mass is 491 g/mol. The summed E-state index contributed by atoms with van der Waals surface area (Å²) in [5.74, 6) is -0.0153. The fourth-order valence-electron chi connectivity index (χ4n) is 4.46. The summed E-state index contributed by atoms with van der Waals surface area (Å²) in [6.07, 6.45) is 0.0485. The molecular formula is C31H29N3O3. The van der Waals surface area contributed by atoms with Crippen LogP contribution in [0.3, 0.4) is 0 Å². The molecule has 5 N–H and O–H groups in total. The maximum Gasteiger partial charge on any atom is 0.248 e. The summed E-state index contributed by atoms with van der Waals surface area (Å²) in [7, 11) is 0. The molecule has 186 valence electrons. The van der Waals surface area contributed by atoms with E-state index in [9.17, 15) is 15.0 Å². The molecule has 5 rings (SSSR count). The highest BCUT2D eigenvalue weighted by molar-refractivity contribution is 5.87. The van der Waals surface area contributed by atoms with E-state index >= 15 is 0 Å². The van der Waals surface area contributed by atoms with Gasteiger partial charge in [-0.1, -0.05) is 60.7 Å². The van der Waals surface area contributed by atoms with Gasteiger partial charge in [0, 0.05) is 29.4 Å². The van der Waals surface area contributed by atoms with Gasteiger partial charge in [0.15, 0.2) is 0 Å². The lowest BCUT2D eigenvalue weighted by atomic mass is 10.0. The van der Waals surface area contributed by atoms with E-state index in [1.807, 2.05) is 18.2 Å². The normalized spacial score (nSPS) is 11.9. The number of aromatic amines is 1. The zero-order valence-corrected chi connectivity index (χ0v) is 20.3. The molecule has 0 aliphatic heterocycles. The lowest BCUT2D eigenvalue weighted by Gasteiger charge is -2.15. The second kappa shape index (κ2) is 11.1. The van der Waals surface area contributed by atoms with Crippen LogP contribution in [0.25, 0.3) is 22.0 Å². The smallest absolute Gasteiger partial charge is 0.248 e. The Morgan fingerprint density at radius 3 is 2.38 bits per heavy atom. The van der Waals surface area contributed by atoms with Gasteiger partial charge in [0.25, 0.3) is 0 Å². The number of pyridine rings is 1. The average molecular weight is 492 g/mol. The molecule has 37 heavy (non-hydrogen) atoms. The van der Waals surface area contributed by atoms with Crippen molar-refractivity contribution in [3.8, 4) is 16.9 Å². The molecular weight excluding hydrogens is 462 g/mol. The van der Waals surface area contributed by atoms with Crippen LogP contribution in [0.15, 0.2) is 108 Å². The van der Waals surface area contributed by atoms with Gasteiger partial charge in [-0.3, -0.25) is 4.79 Å². The molecule has 6 nitrogen and oxygen atoms in total. The molecule has 1 heterocycles. The predicted molar refractivity (Wildman–Crippen MR) is 149 cm³/mol. The number of phenolic OH excluding ortho intramolecular Hbond substituents is 1. The Hall–Kier alpha value is -4.39. The fraction of sp³-hybridized carbons (Fsp3) is 0.129. The maximum atomic E-state index is 11.6. The number of fused-ring (bicyclic) bond motifs is 1. The summed E-state index contributed by atoms with van der Waals surface area (Å²) in [6, 6.07) is 33.2. The van der Waals surface area contributed by atoms with Crippen molar-refractivity contribution in [2.45, 2.75) is 12.5 Å². The fourth-order valence-corrected chi connectivity index (χ4v) is 4.46. The SMILES string of the molecule is O=c1ccc2c(C(O)CNCCc3ccc(Nc4cccc(-c5ccccc5)c4)cc3)ccc(O)c2[nH]1. The van der Waals surface area contributed by atoms with Crippen molar-refractivity contribution in [2.75, 3.05) is 18.4 Å². The highest BCUT2D eigenvalue weighted by Gasteiger charge is 2.13. The Bertz CT molecular complexity index is 1550. The van der Waals surface area contributed by atoms with Crippen molar-refractivity contribution < 1.29 is 10.2 Å². The second-order valence-corrected chi connectivity index (χ2v) is 9.02. The quantitative estimate of drug-likeness (QED) is 0.175. The summed E-state index contributed by atoms with van der Waals surface area (Å²) in [5.41, 5.74) is 6.31. The lowest BCUT2D eigenvalue weighted by molar-refractivity contribution is 0.176. The average Bonchev–Trinajstić information content (AvgIpc) is 2.93. The van der Waals surface area contributed by atoms with E-state index in [1.54, 1.807) is 12.1 Å². The molecule has 0 radical (unpaired) electrons. The third-order valence-electron chi connectivity index (χ3n) is 6.41. The Morgan fingerprint density at radius 1 is 0.784 bits per heavy atom. The minimum absolute atomic E-state index is 0.0153. The number of H-pyrrole nitrogens is 1. The number of aromatic nitrogens is 1. The van der Waals surface area contributed by atoms with Gasteiger partial charge in [0.05, 0.1) is 11.6 Å². The van der Waals surface area contributed by atoms with E-state index in [2.05, 4.69) is 76.3 Å². The van der Waals surface area contributed by atoms with Crippen LogP contribution in [0.1, 0.15) is 17.2 Å². The van der Waals surface area contributed by atoms with Crippen LogP contribution in [0.2, 0.25) is 0 Å². The molecule has 0 saturated heterocycles. The van der Waals surface area contributed by atoms with E-state index in [0.717, 1.165) is 17.8 Å². The first kappa shape index (κ1) is 24.3. The third kappa shape index (κ3) is 5.89. The molecule has 5 aromatic rings. The summed E-state index contributed by atoms with van der Waals surface area (Å²) in [5, 5.41) is 28.1. The van der Waals surface area contributed by atoms with Crippen LogP contribution in [-0.4, -0.2) is 28.3 Å². The van der Waals surface area contributed by atoms with E-state index in [-0.39, 0.29) is 11.3 Å². The molecule has 0 aliphatic carbocycles. The molecule has 1 aromatic heterocycles. The minimum Gasteiger partial charge on any atom is -0.506 e. The van der Waals surface area contributed by atoms with Gasteiger partial charge in [-0.05, 0) is 71.6 Å². The highest BCUT2D eigenvalue weighted by atomic mass is 16.3. The van der Waals surface area contributed by atoms with E-state index in [4.69, 9.17) is 0 Å². The Balaban J connectivity index is 1.14. The zero-order valence-electron chi connectivity index (χ0n) is 20.3. The molecule has 4 aromatic carbocycles. The molecule has 0 spiro atoms. The van der Waals surface area contributed by atoms with Crippen molar-refractivity contribution in [1.82, 2.24) is 10.3 Å². The van der Waals surface area contributed by atoms with E-state index in [1.165, 1.54) is 28.8 Å². The number of hydrogen-bond acceptors (Lipinski definition) is 5. The zero-order chi connectivity index (χ0) is 25.6. The predicted octanol–water partition coefficient (Wildman–Crippen LogP) is 5.51. The maximum absolute atomic E-state index is 11.6. The Kier molecular flexibility index (Phi) is 7.31. The van der Waals surface area contributed by atoms with Gasteiger partial charge >= 0.3 is 0 Å². The number of nitrogens with one attached hydrogen (secondary N) is 3. The number of anilines is 2. The van der Waals surface area contributed by atoms with Crippen LogP contribution in [0.5, 0.6) is 5.75 Å². The van der Waals surface area contributed by atoms with Gasteiger partial charge < -0.3 is 25.8 Å². The molecule has 1 atom stereocenters. The number of aliphatic hydroxyl groups excluding tert-OH is 1. The lowest BCUT2D eigenvalue weighted by Crippen LogP contribution is -2.24. The van der Waals surface area contributed by atoms with Gasteiger partial charge in [-0.15, -0.1) is 0 Å². The molecule has 1 unspecified atom stereocenters. The number of aromatic hydroxyl groups is 1. The van der Waals surface area contributed by atoms with Crippen LogP contribution in [0.4, 0.5) is 11.4 Å². The number of rotatable bonds is 9. The number of benzene rings is 4. The first-order valence-corrected chi connectivity index (χ1v) is 12.3. The molecule has 0 bridgehead atoms. The summed E-state index contributed by atoms with van der Waals surface area (Å²) < 4.78 is 0. The van der Waals surface area contributed by atoms with Crippen molar-refractivity contribution in [3.05, 3.63) is 125 Å². The van der Waals surface area contributed by atoms with E-state index in [0.29, 0.717) is 29.6 Å². The number of phenols is 1. The van der Waals surface area contributed by atoms with Crippen LogP contribution < -0.4 is 16.2 Å². The minimum atomic E-state index is -0.771. The standard InChI is InChI=1S/C31H29N3O3/c35-28-15-13-26(27-14-16-30(37)34-31(27)28)29(36)20-32-18-17-21-9-11-24(12-10-21)33-25-8-4-7-23(19-25)22-5-2-1-3-6-22/h1-16,19,29,32-33,35-36H,17-18,20H2,(H,34,37).